The maximum Gasteiger partial charge on any atom is 0.416 e. The second kappa shape index (κ2) is 6.10. The number of anilines is 1. The number of aliphatic hydroxyl groups is 2. The van der Waals surface area contributed by atoms with Gasteiger partial charge in [-0.3, -0.25) is 4.79 Å². The van der Waals surface area contributed by atoms with Crippen LogP contribution < -0.4 is 5.73 Å². The summed E-state index contributed by atoms with van der Waals surface area (Å²) in [7, 11) is 1.09. The zero-order valence-electron chi connectivity index (χ0n) is 10.5. The number of nitrogens with two attached hydrogens (primary N) is 1. The van der Waals surface area contributed by atoms with Crippen LogP contribution in [0.15, 0.2) is 18.2 Å². The Balaban J connectivity index is 3.01. The highest BCUT2D eigenvalue weighted by Gasteiger charge is 2.32. The Kier molecular flexibility index (Phi) is 4.96. The van der Waals surface area contributed by atoms with Crippen molar-refractivity contribution in [3.63, 3.8) is 0 Å². The van der Waals surface area contributed by atoms with Crippen LogP contribution >= 0.6 is 0 Å². The van der Waals surface area contributed by atoms with Crippen molar-refractivity contribution in [1.29, 1.82) is 0 Å². The van der Waals surface area contributed by atoms with E-state index in [4.69, 9.17) is 5.73 Å². The predicted octanol–water partition coefficient (Wildman–Crippen LogP) is 1.24. The van der Waals surface area contributed by atoms with E-state index in [1.165, 1.54) is 0 Å². The smallest absolute Gasteiger partial charge is 0.416 e. The Morgan fingerprint density at radius 2 is 1.95 bits per heavy atom. The summed E-state index contributed by atoms with van der Waals surface area (Å²) in [6, 6.07) is 2.48. The van der Waals surface area contributed by atoms with Gasteiger partial charge in [-0.05, 0) is 23.8 Å². The van der Waals surface area contributed by atoms with Crippen LogP contribution in [0.3, 0.4) is 0 Å². The summed E-state index contributed by atoms with van der Waals surface area (Å²) in [5.41, 5.74) is 3.86. The third-order valence-electron chi connectivity index (χ3n) is 2.61. The third kappa shape index (κ3) is 4.10. The third-order valence-corrected chi connectivity index (χ3v) is 2.61. The summed E-state index contributed by atoms with van der Waals surface area (Å²) < 4.78 is 42.1. The van der Waals surface area contributed by atoms with Crippen molar-refractivity contribution in [3.05, 3.63) is 29.3 Å². The van der Waals surface area contributed by atoms with E-state index in [9.17, 15) is 28.2 Å². The molecule has 1 rings (SSSR count). The number of alkyl halides is 3. The molecule has 0 spiro atoms. The van der Waals surface area contributed by atoms with Gasteiger partial charge in [-0.2, -0.15) is 13.2 Å². The first-order valence-electron chi connectivity index (χ1n) is 5.55. The molecule has 0 radical (unpaired) electrons. The molecule has 112 valence electrons. The fourth-order valence-corrected chi connectivity index (χ4v) is 1.60. The van der Waals surface area contributed by atoms with Gasteiger partial charge >= 0.3 is 12.1 Å². The van der Waals surface area contributed by atoms with Gasteiger partial charge in [0, 0.05) is 5.69 Å². The van der Waals surface area contributed by atoms with Gasteiger partial charge in [0.1, 0.15) is 6.10 Å². The minimum absolute atomic E-state index is 0.209. The SMILES string of the molecule is COC(=O)CC(O)C(O)c1cc(N)cc(C(F)(F)F)c1. The second-order valence-electron chi connectivity index (χ2n) is 4.18. The van der Waals surface area contributed by atoms with Crippen molar-refractivity contribution in [2.75, 3.05) is 12.8 Å². The molecule has 0 aliphatic rings. The molecule has 0 saturated carbocycles. The van der Waals surface area contributed by atoms with E-state index in [1.807, 2.05) is 0 Å². The van der Waals surface area contributed by atoms with Crippen LogP contribution in [0, 0.1) is 0 Å². The molecule has 1 aromatic carbocycles. The molecule has 8 heteroatoms. The molecule has 4 N–H and O–H groups in total. The minimum atomic E-state index is -4.63. The van der Waals surface area contributed by atoms with Gasteiger partial charge in [0.2, 0.25) is 0 Å². The second-order valence-corrected chi connectivity index (χ2v) is 4.18. The van der Waals surface area contributed by atoms with E-state index in [-0.39, 0.29) is 11.3 Å². The summed E-state index contributed by atoms with van der Waals surface area (Å²) in [4.78, 5) is 11.0. The van der Waals surface area contributed by atoms with Crippen LogP contribution in [0.4, 0.5) is 18.9 Å². The van der Waals surface area contributed by atoms with Crippen LogP contribution in [0.25, 0.3) is 0 Å². The molecular weight excluding hydrogens is 279 g/mol. The summed E-state index contributed by atoms with van der Waals surface area (Å²) in [6.45, 7) is 0. The lowest BCUT2D eigenvalue weighted by Gasteiger charge is -2.19. The van der Waals surface area contributed by atoms with Crippen molar-refractivity contribution in [2.45, 2.75) is 24.8 Å². The first-order chi connectivity index (χ1) is 9.15. The Morgan fingerprint density at radius 1 is 1.35 bits per heavy atom. The molecule has 1 aromatic rings. The number of hydrogen-bond acceptors (Lipinski definition) is 5. The van der Waals surface area contributed by atoms with E-state index in [0.29, 0.717) is 12.1 Å². The highest BCUT2D eigenvalue weighted by atomic mass is 19.4. The number of carbonyl (C=O) groups is 1. The van der Waals surface area contributed by atoms with Gasteiger partial charge in [-0.1, -0.05) is 0 Å². The monoisotopic (exact) mass is 293 g/mol. The summed E-state index contributed by atoms with van der Waals surface area (Å²) >= 11 is 0. The Morgan fingerprint density at radius 3 is 2.45 bits per heavy atom. The Hall–Kier alpha value is -1.80. The number of nitrogen functional groups attached to an aromatic ring is 1. The Bertz CT molecular complexity index is 490. The van der Waals surface area contributed by atoms with Crippen molar-refractivity contribution in [2.24, 2.45) is 0 Å². The van der Waals surface area contributed by atoms with Gasteiger partial charge in [-0.15, -0.1) is 0 Å². The number of halogens is 3. The lowest BCUT2D eigenvalue weighted by atomic mass is 9.99. The molecule has 0 fully saturated rings. The molecule has 20 heavy (non-hydrogen) atoms. The van der Waals surface area contributed by atoms with Crippen LogP contribution in [-0.2, 0) is 15.7 Å². The number of aliphatic hydroxyl groups excluding tert-OH is 2. The van der Waals surface area contributed by atoms with Crippen LogP contribution in [0.2, 0.25) is 0 Å². The van der Waals surface area contributed by atoms with Crippen molar-refractivity contribution in [3.8, 4) is 0 Å². The largest absolute Gasteiger partial charge is 0.469 e. The highest BCUT2D eigenvalue weighted by molar-refractivity contribution is 5.69. The van der Waals surface area contributed by atoms with Gasteiger partial charge in [0.25, 0.3) is 0 Å². The zero-order valence-corrected chi connectivity index (χ0v) is 10.5. The van der Waals surface area contributed by atoms with Crippen molar-refractivity contribution < 1.29 is 32.9 Å². The standard InChI is InChI=1S/C12H14F3NO4/c1-20-10(18)5-9(17)11(19)6-2-7(12(13,14)15)4-8(16)3-6/h2-4,9,11,17,19H,5,16H2,1H3. The average Bonchev–Trinajstić information content (AvgIpc) is 2.35. The molecule has 0 aliphatic carbocycles. The van der Waals surface area contributed by atoms with Crippen LogP contribution in [0.5, 0.6) is 0 Å². The average molecular weight is 293 g/mol. The van der Waals surface area contributed by atoms with Crippen LogP contribution in [0.1, 0.15) is 23.7 Å². The molecule has 0 aromatic heterocycles. The molecule has 0 amide bonds. The lowest BCUT2D eigenvalue weighted by molar-refractivity contribution is -0.145. The van der Waals surface area contributed by atoms with Gasteiger partial charge in [-0.25, -0.2) is 0 Å². The summed E-state index contributed by atoms with van der Waals surface area (Å²) in [5.74, 6) is -0.795. The number of ether oxygens (including phenoxy) is 1. The van der Waals surface area contributed by atoms with E-state index < -0.39 is 36.3 Å². The van der Waals surface area contributed by atoms with E-state index >= 15 is 0 Å². The number of carbonyl (C=O) groups excluding carboxylic acids is 1. The molecule has 5 nitrogen and oxygen atoms in total. The topological polar surface area (TPSA) is 92.8 Å². The summed E-state index contributed by atoms with van der Waals surface area (Å²) in [6.07, 6.45) is -8.45. The number of esters is 1. The first kappa shape index (κ1) is 16.3. The molecule has 0 aliphatic heterocycles. The molecule has 0 saturated heterocycles. The minimum Gasteiger partial charge on any atom is -0.469 e. The highest BCUT2D eigenvalue weighted by Crippen LogP contribution is 2.33. The molecule has 2 unspecified atom stereocenters. The van der Waals surface area contributed by atoms with Crippen molar-refractivity contribution >= 4 is 11.7 Å². The van der Waals surface area contributed by atoms with E-state index in [0.717, 1.165) is 13.2 Å². The molecule has 0 heterocycles. The predicted molar refractivity (Wildman–Crippen MR) is 63.5 cm³/mol. The maximum absolute atomic E-state index is 12.6. The quantitative estimate of drug-likeness (QED) is 0.574. The van der Waals surface area contributed by atoms with Gasteiger partial charge in [0.15, 0.2) is 0 Å². The zero-order chi connectivity index (χ0) is 15.5. The number of benzene rings is 1. The first-order valence-corrected chi connectivity index (χ1v) is 5.55. The number of methoxy groups -OCH3 is 1. The Labute approximate surface area is 112 Å². The molecule has 2 atom stereocenters. The van der Waals surface area contributed by atoms with Gasteiger partial charge < -0.3 is 20.7 Å². The maximum atomic E-state index is 12.6. The van der Waals surface area contributed by atoms with E-state index in [2.05, 4.69) is 4.74 Å². The molecular formula is C12H14F3NO4. The molecule has 0 bridgehead atoms. The normalized spacial score (nSPS) is 14.7. The lowest BCUT2D eigenvalue weighted by Crippen LogP contribution is -2.23. The van der Waals surface area contributed by atoms with Crippen molar-refractivity contribution in [1.82, 2.24) is 0 Å². The van der Waals surface area contributed by atoms with E-state index in [1.54, 1.807) is 0 Å². The fourth-order valence-electron chi connectivity index (χ4n) is 1.60. The van der Waals surface area contributed by atoms with Crippen LogP contribution in [-0.4, -0.2) is 29.4 Å². The summed E-state index contributed by atoms with van der Waals surface area (Å²) in [5, 5.41) is 19.4. The van der Waals surface area contributed by atoms with Gasteiger partial charge in [0.05, 0.1) is 25.2 Å². The fraction of sp³-hybridized carbons (Fsp3) is 0.417. The number of hydrogen-bond donors (Lipinski definition) is 3. The number of rotatable bonds is 4.